The molecule has 1 aromatic carbocycles. The number of sulfonamides is 1. The number of hydrogen-bond donors (Lipinski definition) is 1. The first-order valence-electron chi connectivity index (χ1n) is 6.26. The molecule has 1 atom stereocenters. The third-order valence-corrected chi connectivity index (χ3v) is 4.43. The van der Waals surface area contributed by atoms with Gasteiger partial charge >= 0.3 is 0 Å². The lowest BCUT2D eigenvalue weighted by atomic mass is 10.3. The normalized spacial score (nSPS) is 13.0. The summed E-state index contributed by atoms with van der Waals surface area (Å²) >= 11 is 5.63. The van der Waals surface area contributed by atoms with Gasteiger partial charge < -0.3 is 4.74 Å². The van der Waals surface area contributed by atoms with Crippen LogP contribution in [0.25, 0.3) is 0 Å². The Morgan fingerprint density at radius 3 is 2.79 bits per heavy atom. The van der Waals surface area contributed by atoms with Crippen molar-refractivity contribution in [1.82, 2.24) is 0 Å². The van der Waals surface area contributed by atoms with Gasteiger partial charge in [0.25, 0.3) is 0 Å². The van der Waals surface area contributed by atoms with Crippen LogP contribution in [0, 0.1) is 5.92 Å². The summed E-state index contributed by atoms with van der Waals surface area (Å²) in [4.78, 5) is 0. The van der Waals surface area contributed by atoms with Crippen LogP contribution in [0.4, 0.5) is 5.69 Å². The average molecular weight is 306 g/mol. The summed E-state index contributed by atoms with van der Waals surface area (Å²) in [5.74, 6) is 0.906. The summed E-state index contributed by atoms with van der Waals surface area (Å²) in [7, 11) is -3.37. The van der Waals surface area contributed by atoms with Crippen molar-refractivity contribution in [2.24, 2.45) is 5.92 Å². The van der Waals surface area contributed by atoms with E-state index in [1.54, 1.807) is 31.2 Å². The molecule has 4 nitrogen and oxygen atoms in total. The maximum absolute atomic E-state index is 11.9. The van der Waals surface area contributed by atoms with Crippen molar-refractivity contribution in [2.75, 3.05) is 23.0 Å². The van der Waals surface area contributed by atoms with Gasteiger partial charge in [-0.3, -0.25) is 4.72 Å². The fourth-order valence-electron chi connectivity index (χ4n) is 1.51. The number of rotatable bonds is 8. The van der Waals surface area contributed by atoms with Crippen LogP contribution in [-0.4, -0.2) is 26.7 Å². The third kappa shape index (κ3) is 6.16. The van der Waals surface area contributed by atoms with Crippen LogP contribution in [-0.2, 0) is 10.0 Å². The highest BCUT2D eigenvalue weighted by molar-refractivity contribution is 7.92. The molecule has 0 aliphatic rings. The molecular weight excluding hydrogens is 286 g/mol. The van der Waals surface area contributed by atoms with Crippen molar-refractivity contribution in [3.05, 3.63) is 24.3 Å². The van der Waals surface area contributed by atoms with E-state index in [1.165, 1.54) is 0 Å². The fraction of sp³-hybridized carbons (Fsp3) is 0.538. The van der Waals surface area contributed by atoms with Gasteiger partial charge in [-0.15, -0.1) is 11.6 Å². The summed E-state index contributed by atoms with van der Waals surface area (Å²) in [5.41, 5.74) is 0.510. The van der Waals surface area contributed by atoms with Gasteiger partial charge in [-0.1, -0.05) is 19.9 Å². The summed E-state index contributed by atoms with van der Waals surface area (Å²) in [6, 6.07) is 6.93. The molecule has 1 N–H and O–H groups in total. The van der Waals surface area contributed by atoms with Crippen molar-refractivity contribution in [2.45, 2.75) is 20.3 Å². The van der Waals surface area contributed by atoms with E-state index in [2.05, 4.69) is 4.72 Å². The molecule has 0 saturated heterocycles. The first-order valence-corrected chi connectivity index (χ1v) is 8.45. The second kappa shape index (κ2) is 7.60. The highest BCUT2D eigenvalue weighted by atomic mass is 35.5. The number of hydrogen-bond acceptors (Lipinski definition) is 3. The zero-order valence-corrected chi connectivity index (χ0v) is 12.8. The Morgan fingerprint density at radius 1 is 1.42 bits per heavy atom. The van der Waals surface area contributed by atoms with Gasteiger partial charge in [0.1, 0.15) is 5.75 Å². The Balaban J connectivity index is 2.70. The van der Waals surface area contributed by atoms with E-state index in [4.69, 9.17) is 16.3 Å². The molecule has 0 radical (unpaired) electrons. The first kappa shape index (κ1) is 16.1. The Bertz CT molecular complexity index is 490. The van der Waals surface area contributed by atoms with Crippen molar-refractivity contribution in [1.29, 1.82) is 0 Å². The Morgan fingerprint density at radius 2 is 2.16 bits per heavy atom. The number of halogens is 1. The maximum Gasteiger partial charge on any atom is 0.233 e. The molecule has 0 saturated carbocycles. The Hall–Kier alpha value is -0.940. The quantitative estimate of drug-likeness (QED) is 0.751. The first-order chi connectivity index (χ1) is 8.96. The third-order valence-electron chi connectivity index (χ3n) is 2.35. The predicted molar refractivity (Wildman–Crippen MR) is 79.5 cm³/mol. The van der Waals surface area contributed by atoms with Gasteiger partial charge in [0, 0.05) is 11.9 Å². The van der Waals surface area contributed by atoms with Gasteiger partial charge in [-0.25, -0.2) is 8.42 Å². The molecule has 0 heterocycles. The van der Waals surface area contributed by atoms with Crippen LogP contribution < -0.4 is 9.46 Å². The van der Waals surface area contributed by atoms with Crippen LogP contribution in [0.15, 0.2) is 24.3 Å². The topological polar surface area (TPSA) is 55.4 Å². The van der Waals surface area contributed by atoms with E-state index < -0.39 is 10.0 Å². The summed E-state index contributed by atoms with van der Waals surface area (Å²) in [6.07, 6.45) is 0.906. The molecule has 0 spiro atoms. The van der Waals surface area contributed by atoms with Crippen LogP contribution in [0.1, 0.15) is 20.3 Å². The second-order valence-electron chi connectivity index (χ2n) is 4.52. The average Bonchev–Trinajstić information content (AvgIpc) is 2.35. The molecule has 1 aromatic rings. The van der Waals surface area contributed by atoms with Crippen molar-refractivity contribution in [3.63, 3.8) is 0 Å². The minimum absolute atomic E-state index is 0.0105. The van der Waals surface area contributed by atoms with Crippen LogP contribution in [0.5, 0.6) is 5.75 Å². The summed E-state index contributed by atoms with van der Waals surface area (Å²) < 4.78 is 31.8. The van der Waals surface area contributed by atoms with E-state index in [0.29, 0.717) is 23.9 Å². The number of anilines is 1. The zero-order chi connectivity index (χ0) is 14.3. The standard InChI is InChI=1S/C13H20ClNO3S/c1-3-7-18-13-6-4-5-12(8-13)15-19(16,17)10-11(2)9-14/h4-6,8,11,15H,3,7,9-10H2,1-2H3. The molecule has 0 amide bonds. The number of nitrogens with one attached hydrogen (secondary N) is 1. The van der Waals surface area contributed by atoms with Crippen molar-refractivity contribution < 1.29 is 13.2 Å². The lowest BCUT2D eigenvalue weighted by molar-refractivity contribution is 0.317. The van der Waals surface area contributed by atoms with Crippen LogP contribution in [0.3, 0.4) is 0 Å². The fourth-order valence-corrected chi connectivity index (χ4v) is 3.18. The molecule has 19 heavy (non-hydrogen) atoms. The second-order valence-corrected chi connectivity index (χ2v) is 6.59. The number of alkyl halides is 1. The van der Waals surface area contributed by atoms with Gasteiger partial charge in [0.15, 0.2) is 0 Å². The lowest BCUT2D eigenvalue weighted by Gasteiger charge is -2.12. The SMILES string of the molecule is CCCOc1cccc(NS(=O)(=O)CC(C)CCl)c1. The molecular formula is C13H20ClNO3S. The van der Waals surface area contributed by atoms with Gasteiger partial charge in [0.05, 0.1) is 18.0 Å². The van der Waals surface area contributed by atoms with E-state index in [0.717, 1.165) is 6.42 Å². The molecule has 108 valence electrons. The monoisotopic (exact) mass is 305 g/mol. The highest BCUT2D eigenvalue weighted by Crippen LogP contribution is 2.19. The molecule has 0 aromatic heterocycles. The molecule has 0 bridgehead atoms. The van der Waals surface area contributed by atoms with Gasteiger partial charge in [-0.2, -0.15) is 0 Å². The molecule has 0 aliphatic carbocycles. The van der Waals surface area contributed by atoms with Crippen LogP contribution >= 0.6 is 11.6 Å². The van der Waals surface area contributed by atoms with E-state index >= 15 is 0 Å². The van der Waals surface area contributed by atoms with Gasteiger partial charge in [-0.05, 0) is 24.5 Å². The van der Waals surface area contributed by atoms with E-state index in [9.17, 15) is 8.42 Å². The van der Waals surface area contributed by atoms with Crippen molar-refractivity contribution >= 4 is 27.3 Å². The molecule has 6 heteroatoms. The number of benzene rings is 1. The minimum atomic E-state index is -3.37. The largest absolute Gasteiger partial charge is 0.494 e. The smallest absolute Gasteiger partial charge is 0.233 e. The maximum atomic E-state index is 11.9. The summed E-state index contributed by atoms with van der Waals surface area (Å²) in [6.45, 7) is 4.42. The Kier molecular flexibility index (Phi) is 6.45. The van der Waals surface area contributed by atoms with E-state index in [1.807, 2.05) is 6.92 Å². The van der Waals surface area contributed by atoms with Crippen LogP contribution in [0.2, 0.25) is 0 Å². The lowest BCUT2D eigenvalue weighted by Crippen LogP contribution is -2.22. The minimum Gasteiger partial charge on any atom is -0.494 e. The number of ether oxygens (including phenoxy) is 1. The molecule has 0 aliphatic heterocycles. The Labute approximate surface area is 120 Å². The summed E-state index contributed by atoms with van der Waals surface area (Å²) in [5, 5.41) is 0. The van der Waals surface area contributed by atoms with Crippen molar-refractivity contribution in [3.8, 4) is 5.75 Å². The molecule has 0 fully saturated rings. The van der Waals surface area contributed by atoms with Gasteiger partial charge in [0.2, 0.25) is 10.0 Å². The predicted octanol–water partition coefficient (Wildman–Crippen LogP) is 3.09. The highest BCUT2D eigenvalue weighted by Gasteiger charge is 2.15. The zero-order valence-electron chi connectivity index (χ0n) is 11.2. The van der Waals surface area contributed by atoms with E-state index in [-0.39, 0.29) is 11.7 Å². The molecule has 1 rings (SSSR count). The molecule has 1 unspecified atom stereocenters.